The first-order chi connectivity index (χ1) is 13.6. The average Bonchev–Trinajstić information content (AvgIpc) is 2.69. The van der Waals surface area contributed by atoms with Crippen molar-refractivity contribution < 1.29 is 14.7 Å². The van der Waals surface area contributed by atoms with Gasteiger partial charge in [0.15, 0.2) is 5.78 Å². The van der Waals surface area contributed by atoms with Gasteiger partial charge in [-0.2, -0.15) is 0 Å². The zero-order valence-corrected chi connectivity index (χ0v) is 17.1. The van der Waals surface area contributed by atoms with Crippen LogP contribution in [0.1, 0.15) is 75.8 Å². The molecule has 4 heteroatoms. The molecule has 1 aliphatic rings. The molecule has 1 aliphatic carbocycles. The zero-order valence-electron chi connectivity index (χ0n) is 17.1. The highest BCUT2D eigenvalue weighted by molar-refractivity contribution is 6.04. The SMILES string of the molecule is CCCCCCCCNC=C(C(CC)C(=O)O)C1C(=O)C=Cc2ccccc21. The molecule has 2 rings (SSSR count). The first-order valence-electron chi connectivity index (χ1n) is 10.6. The minimum absolute atomic E-state index is 0.0500. The van der Waals surface area contributed by atoms with Gasteiger partial charge in [0.2, 0.25) is 0 Å². The van der Waals surface area contributed by atoms with E-state index in [1.54, 1.807) is 12.3 Å². The Hall–Kier alpha value is -2.36. The van der Waals surface area contributed by atoms with Crippen LogP contribution in [0.15, 0.2) is 42.1 Å². The summed E-state index contributed by atoms with van der Waals surface area (Å²) in [6.45, 7) is 4.86. The molecule has 2 atom stereocenters. The van der Waals surface area contributed by atoms with Crippen LogP contribution in [0.5, 0.6) is 0 Å². The number of rotatable bonds is 12. The summed E-state index contributed by atoms with van der Waals surface area (Å²) in [7, 11) is 0. The summed E-state index contributed by atoms with van der Waals surface area (Å²) >= 11 is 0. The van der Waals surface area contributed by atoms with E-state index in [9.17, 15) is 14.7 Å². The molecule has 1 aromatic carbocycles. The Morgan fingerprint density at radius 1 is 1.11 bits per heavy atom. The molecule has 28 heavy (non-hydrogen) atoms. The van der Waals surface area contributed by atoms with Gasteiger partial charge in [-0.1, -0.05) is 76.3 Å². The van der Waals surface area contributed by atoms with E-state index in [1.165, 1.54) is 32.1 Å². The van der Waals surface area contributed by atoms with Crippen LogP contribution in [0, 0.1) is 5.92 Å². The largest absolute Gasteiger partial charge is 0.481 e. The number of hydrogen-bond donors (Lipinski definition) is 2. The van der Waals surface area contributed by atoms with Gasteiger partial charge in [0.1, 0.15) is 0 Å². The number of hydrogen-bond acceptors (Lipinski definition) is 3. The van der Waals surface area contributed by atoms with E-state index in [-0.39, 0.29) is 5.78 Å². The molecule has 0 amide bonds. The van der Waals surface area contributed by atoms with Gasteiger partial charge in [-0.25, -0.2) is 0 Å². The highest BCUT2D eigenvalue weighted by atomic mass is 16.4. The summed E-state index contributed by atoms with van der Waals surface area (Å²) in [5.41, 5.74) is 2.53. The maximum Gasteiger partial charge on any atom is 0.310 e. The molecule has 0 spiro atoms. The van der Waals surface area contributed by atoms with Crippen molar-refractivity contribution in [2.45, 2.75) is 64.7 Å². The average molecular weight is 384 g/mol. The summed E-state index contributed by atoms with van der Waals surface area (Å²) in [5.74, 6) is -2.13. The predicted molar refractivity (Wildman–Crippen MR) is 114 cm³/mol. The van der Waals surface area contributed by atoms with E-state index in [0.717, 1.165) is 24.1 Å². The van der Waals surface area contributed by atoms with Gasteiger partial charge in [0.25, 0.3) is 0 Å². The number of unbranched alkanes of at least 4 members (excludes halogenated alkanes) is 5. The number of benzene rings is 1. The number of fused-ring (bicyclic) bond motifs is 1. The third kappa shape index (κ3) is 5.82. The molecule has 4 nitrogen and oxygen atoms in total. The smallest absolute Gasteiger partial charge is 0.310 e. The molecule has 152 valence electrons. The number of carboxylic acid groups (broad SMARTS) is 1. The number of aliphatic carboxylic acids is 1. The van der Waals surface area contributed by atoms with Crippen molar-refractivity contribution in [1.82, 2.24) is 5.32 Å². The van der Waals surface area contributed by atoms with Crippen LogP contribution in [0.2, 0.25) is 0 Å². The topological polar surface area (TPSA) is 66.4 Å². The Morgan fingerprint density at radius 2 is 1.82 bits per heavy atom. The minimum Gasteiger partial charge on any atom is -0.481 e. The third-order valence-corrected chi connectivity index (χ3v) is 5.40. The third-order valence-electron chi connectivity index (χ3n) is 5.40. The van der Waals surface area contributed by atoms with Gasteiger partial charge in [-0.15, -0.1) is 0 Å². The lowest BCUT2D eigenvalue weighted by molar-refractivity contribution is -0.140. The van der Waals surface area contributed by atoms with Gasteiger partial charge in [0, 0.05) is 6.54 Å². The summed E-state index contributed by atoms with van der Waals surface area (Å²) in [6.07, 6.45) is 12.9. The number of carbonyl (C=O) groups is 2. The lowest BCUT2D eigenvalue weighted by atomic mass is 9.76. The maximum atomic E-state index is 12.7. The van der Waals surface area contributed by atoms with E-state index in [4.69, 9.17) is 0 Å². The van der Waals surface area contributed by atoms with E-state index in [1.807, 2.05) is 37.3 Å². The van der Waals surface area contributed by atoms with Crippen LogP contribution < -0.4 is 5.32 Å². The molecule has 2 unspecified atom stereocenters. The molecule has 0 fully saturated rings. The Kier molecular flexibility index (Phi) is 8.99. The minimum atomic E-state index is -0.880. The second kappa shape index (κ2) is 11.5. The predicted octanol–water partition coefficient (Wildman–Crippen LogP) is 5.31. The van der Waals surface area contributed by atoms with Gasteiger partial charge >= 0.3 is 5.97 Å². The second-order valence-corrected chi connectivity index (χ2v) is 7.46. The van der Waals surface area contributed by atoms with Gasteiger partial charge in [-0.05, 0) is 41.8 Å². The Labute approximate surface area is 168 Å². The fourth-order valence-electron chi connectivity index (χ4n) is 3.83. The van der Waals surface area contributed by atoms with Crippen LogP contribution in [0.25, 0.3) is 6.08 Å². The zero-order chi connectivity index (χ0) is 20.4. The molecule has 0 aliphatic heterocycles. The molecule has 0 aromatic heterocycles. The molecule has 0 saturated carbocycles. The van der Waals surface area contributed by atoms with Crippen molar-refractivity contribution in [2.75, 3.05) is 6.54 Å². The molecular formula is C24H33NO3. The Balaban J connectivity index is 2.15. The second-order valence-electron chi connectivity index (χ2n) is 7.46. The van der Waals surface area contributed by atoms with E-state index in [2.05, 4.69) is 12.2 Å². The lowest BCUT2D eigenvalue weighted by Crippen LogP contribution is -2.27. The van der Waals surface area contributed by atoms with E-state index < -0.39 is 17.8 Å². The maximum absolute atomic E-state index is 12.7. The fraction of sp³-hybridized carbons (Fsp3) is 0.500. The lowest BCUT2D eigenvalue weighted by Gasteiger charge is -2.27. The quantitative estimate of drug-likeness (QED) is 0.480. The van der Waals surface area contributed by atoms with Gasteiger partial charge in [0.05, 0.1) is 11.8 Å². The molecule has 1 aromatic rings. The molecule has 2 N–H and O–H groups in total. The number of carboxylic acids is 1. The van der Waals surface area contributed by atoms with Crippen molar-refractivity contribution in [3.05, 3.63) is 53.2 Å². The van der Waals surface area contributed by atoms with Crippen molar-refractivity contribution in [2.24, 2.45) is 5.92 Å². The molecular weight excluding hydrogens is 350 g/mol. The summed E-state index contributed by atoms with van der Waals surface area (Å²) < 4.78 is 0. The monoisotopic (exact) mass is 383 g/mol. The first-order valence-corrected chi connectivity index (χ1v) is 10.6. The van der Waals surface area contributed by atoms with Crippen LogP contribution in [0.3, 0.4) is 0 Å². The van der Waals surface area contributed by atoms with Gasteiger partial charge < -0.3 is 10.4 Å². The first kappa shape index (κ1) is 21.9. The number of nitrogens with one attached hydrogen (secondary N) is 1. The number of ketones is 1. The van der Waals surface area contributed by atoms with Crippen LogP contribution >= 0.6 is 0 Å². The summed E-state index contributed by atoms with van der Waals surface area (Å²) in [6, 6.07) is 7.73. The number of allylic oxidation sites excluding steroid dienone is 1. The Morgan fingerprint density at radius 3 is 2.54 bits per heavy atom. The standard InChI is InChI=1S/C24H33NO3/c1-3-5-6-7-8-11-16-25-17-21(19(4-2)24(27)28)23-20-13-10-9-12-18(20)14-15-22(23)26/h9-10,12-15,17,19,23,25H,3-8,11,16H2,1-2H3,(H,27,28). The number of carbonyl (C=O) groups excluding carboxylic acids is 1. The van der Waals surface area contributed by atoms with Crippen molar-refractivity contribution in [3.63, 3.8) is 0 Å². The molecule has 0 heterocycles. The summed E-state index contributed by atoms with van der Waals surface area (Å²) in [4.78, 5) is 24.6. The highest BCUT2D eigenvalue weighted by Crippen LogP contribution is 2.37. The fourth-order valence-corrected chi connectivity index (χ4v) is 3.83. The van der Waals surface area contributed by atoms with E-state index >= 15 is 0 Å². The normalized spacial score (nSPS) is 17.3. The van der Waals surface area contributed by atoms with Crippen molar-refractivity contribution in [3.8, 4) is 0 Å². The van der Waals surface area contributed by atoms with Crippen LogP contribution in [-0.2, 0) is 9.59 Å². The van der Waals surface area contributed by atoms with Gasteiger partial charge in [-0.3, -0.25) is 9.59 Å². The summed E-state index contributed by atoms with van der Waals surface area (Å²) in [5, 5.41) is 13.0. The molecule has 0 saturated heterocycles. The van der Waals surface area contributed by atoms with Crippen molar-refractivity contribution in [1.29, 1.82) is 0 Å². The van der Waals surface area contributed by atoms with Crippen LogP contribution in [0.4, 0.5) is 0 Å². The highest BCUT2D eigenvalue weighted by Gasteiger charge is 2.34. The van der Waals surface area contributed by atoms with Crippen molar-refractivity contribution >= 4 is 17.8 Å². The Bertz CT molecular complexity index is 720. The molecule has 0 bridgehead atoms. The van der Waals surface area contributed by atoms with E-state index in [0.29, 0.717) is 12.0 Å². The molecule has 0 radical (unpaired) electrons. The van der Waals surface area contributed by atoms with Crippen LogP contribution in [-0.4, -0.2) is 23.4 Å².